The van der Waals surface area contributed by atoms with Crippen molar-refractivity contribution in [1.29, 1.82) is 0 Å². The Morgan fingerprint density at radius 1 is 0.492 bits per heavy atom. The smallest absolute Gasteiger partial charge is 0.166 e. The van der Waals surface area contributed by atoms with Crippen LogP contribution in [0, 0.1) is 63.2 Å². The molecule has 4 aliphatic rings. The van der Waals surface area contributed by atoms with E-state index in [0.29, 0.717) is 47.4 Å². The van der Waals surface area contributed by atoms with Crippen molar-refractivity contribution >= 4 is 31.8 Å². The molecule has 15 heteroatoms. The van der Waals surface area contributed by atoms with E-state index in [1.165, 1.54) is 6.92 Å². The van der Waals surface area contributed by atoms with E-state index in [1.807, 2.05) is 50.3 Å². The molecule has 328 valence electrons. The maximum absolute atomic E-state index is 14.2. The molecule has 0 heterocycles. The second kappa shape index (κ2) is 21.0. The van der Waals surface area contributed by atoms with Crippen LogP contribution in [0.15, 0.2) is 60.7 Å². The van der Waals surface area contributed by atoms with E-state index >= 15 is 0 Å². The summed E-state index contributed by atoms with van der Waals surface area (Å²) in [5, 5.41) is -0.175. The number of hydrogen-bond acceptors (Lipinski definition) is 0. The van der Waals surface area contributed by atoms with Gasteiger partial charge in [0.25, 0.3) is 0 Å². The molecule has 4 fully saturated rings. The third kappa shape index (κ3) is 12.7. The average molecular weight is 943 g/mol. The van der Waals surface area contributed by atoms with Crippen molar-refractivity contribution in [2.45, 2.75) is 113 Å². The summed E-state index contributed by atoms with van der Waals surface area (Å²) in [5.74, 6) is 1.03. The molecular formula is C46H44F12FeP2+2. The van der Waals surface area contributed by atoms with Crippen molar-refractivity contribution < 1.29 is 69.8 Å². The third-order valence-electron chi connectivity index (χ3n) is 11.4. The van der Waals surface area contributed by atoms with Crippen molar-refractivity contribution in [1.82, 2.24) is 0 Å². The van der Waals surface area contributed by atoms with Crippen LogP contribution in [0.1, 0.15) is 98.9 Å². The largest absolute Gasteiger partial charge is 2.00 e. The fourth-order valence-corrected chi connectivity index (χ4v) is 15.4. The molecule has 10 radical (unpaired) electrons. The van der Waals surface area contributed by atoms with Gasteiger partial charge in [-0.1, -0.05) is 77.6 Å². The van der Waals surface area contributed by atoms with E-state index in [1.54, 1.807) is 19.3 Å². The molecular weight excluding hydrogens is 898 g/mol. The molecule has 4 saturated carbocycles. The van der Waals surface area contributed by atoms with Crippen LogP contribution in [-0.2, 0) is 41.8 Å². The van der Waals surface area contributed by atoms with Crippen molar-refractivity contribution in [3.8, 4) is 0 Å². The Hall–Kier alpha value is -1.80. The zero-order valence-electron chi connectivity index (χ0n) is 33.0. The molecule has 7 rings (SSSR count). The molecule has 0 spiro atoms. The molecule has 0 saturated heterocycles. The van der Waals surface area contributed by atoms with Gasteiger partial charge in [0, 0.05) is 5.92 Å². The van der Waals surface area contributed by atoms with Gasteiger partial charge in [-0.15, -0.1) is 0 Å². The van der Waals surface area contributed by atoms with Gasteiger partial charge >= 0.3 is 41.8 Å². The molecule has 0 bridgehead atoms. The van der Waals surface area contributed by atoms with E-state index in [2.05, 4.69) is 6.07 Å². The zero-order chi connectivity index (χ0) is 43.5. The van der Waals surface area contributed by atoms with E-state index in [4.69, 9.17) is 0 Å². The minimum atomic E-state index is -5.30. The average Bonchev–Trinajstić information content (AvgIpc) is 3.95. The van der Waals surface area contributed by atoms with E-state index in [9.17, 15) is 52.7 Å². The Morgan fingerprint density at radius 2 is 0.869 bits per heavy atom. The first-order valence-electron chi connectivity index (χ1n) is 19.9. The minimum absolute atomic E-state index is 0. The fourth-order valence-electron chi connectivity index (χ4n) is 8.59. The normalized spacial score (nSPS) is 19.9. The van der Waals surface area contributed by atoms with Gasteiger partial charge in [-0.2, -0.15) is 52.7 Å². The van der Waals surface area contributed by atoms with Crippen LogP contribution in [-0.4, -0.2) is 17.0 Å². The predicted molar refractivity (Wildman–Crippen MR) is 215 cm³/mol. The van der Waals surface area contributed by atoms with E-state index in [0.717, 1.165) is 75.1 Å². The Balaban J connectivity index is 0.00000109. The first kappa shape index (κ1) is 50.2. The first-order valence-corrected chi connectivity index (χ1v) is 22.8. The molecule has 0 amide bonds. The SMILES string of the molecule is C[C@H]([C]1[CH][CH][CH][C]1c1ccccc1P(C1CCCCC1)C1CCCCC1)P(c1cc(C(F)(F)F)cc(C(F)(F)F)c1)c1cc(C(F)(F)F)cc(C(F)(F)F)c1.[CH]1[CH][CH][CH][CH]1.[Fe+2]. The van der Waals surface area contributed by atoms with Crippen molar-refractivity contribution in [3.05, 3.63) is 152 Å². The Morgan fingerprint density at radius 3 is 1.25 bits per heavy atom. The monoisotopic (exact) mass is 942 g/mol. The Kier molecular flexibility index (Phi) is 17.3. The van der Waals surface area contributed by atoms with Gasteiger partial charge in [-0.3, -0.25) is 0 Å². The minimum Gasteiger partial charge on any atom is -0.166 e. The van der Waals surface area contributed by atoms with Crippen LogP contribution < -0.4 is 15.9 Å². The molecule has 0 nitrogen and oxygen atoms in total. The summed E-state index contributed by atoms with van der Waals surface area (Å²) in [6.07, 6.45) is 4.85. The summed E-state index contributed by atoms with van der Waals surface area (Å²) >= 11 is 0. The second-order valence-electron chi connectivity index (χ2n) is 15.4. The zero-order valence-corrected chi connectivity index (χ0v) is 35.9. The number of halogens is 12. The number of hydrogen-bond donors (Lipinski definition) is 0. The van der Waals surface area contributed by atoms with Crippen LogP contribution in [0.4, 0.5) is 52.7 Å². The predicted octanol–water partition coefficient (Wildman–Crippen LogP) is 14.2. The van der Waals surface area contributed by atoms with Crippen LogP contribution >= 0.6 is 15.8 Å². The molecule has 3 aromatic rings. The standard InChI is InChI=1S/C41H39F12P2.C5H5.Fe/c1-25(34-16-10-17-35(34)36-15-8-9-18-37(36)55(30-11-4-2-5-12-30)31-13-6-3-7-14-31)54(32-21-26(38(42,43)44)19-27(22-32)39(45,46)47)33-23-28(40(48,49)50)20-29(24-33)41(51,52)53;1-2-4-5-3-1;/h8-10,15-25,30-31H,2-7,11-14H2,1H3;1-5H;/q;;+2/t25-;;/m1../s1. The van der Waals surface area contributed by atoms with Crippen molar-refractivity contribution in [2.24, 2.45) is 0 Å². The molecule has 0 aliphatic heterocycles. The van der Waals surface area contributed by atoms with Crippen LogP contribution in [0.3, 0.4) is 0 Å². The molecule has 4 aliphatic carbocycles. The summed E-state index contributed by atoms with van der Waals surface area (Å²) in [6.45, 7) is 1.46. The summed E-state index contributed by atoms with van der Waals surface area (Å²) in [7, 11) is -3.48. The number of rotatable bonds is 8. The second-order valence-corrected chi connectivity index (χ2v) is 20.7. The molecule has 3 aromatic carbocycles. The first-order chi connectivity index (χ1) is 28.2. The van der Waals surface area contributed by atoms with E-state index < -0.39 is 79.1 Å². The number of alkyl halides is 12. The summed E-state index contributed by atoms with van der Waals surface area (Å²) in [4.78, 5) is 0. The van der Waals surface area contributed by atoms with Gasteiger partial charge in [0.05, 0.1) is 22.3 Å². The number of benzene rings is 3. The fraction of sp³-hybridized carbons (Fsp3) is 0.391. The molecule has 0 N–H and O–H groups in total. The van der Waals surface area contributed by atoms with Crippen molar-refractivity contribution in [2.75, 3.05) is 0 Å². The molecule has 0 aromatic heterocycles. The summed E-state index contributed by atoms with van der Waals surface area (Å²) in [5.41, 5.74) is -6.23. The topological polar surface area (TPSA) is 0 Å². The third-order valence-corrected chi connectivity index (χ3v) is 17.6. The van der Waals surface area contributed by atoms with Gasteiger partial charge < -0.3 is 0 Å². The summed E-state index contributed by atoms with van der Waals surface area (Å²) in [6, 6.07) is 9.28. The maximum atomic E-state index is 14.2. The van der Waals surface area contributed by atoms with Crippen LogP contribution in [0.5, 0.6) is 0 Å². The van der Waals surface area contributed by atoms with E-state index in [-0.39, 0.29) is 29.2 Å². The van der Waals surface area contributed by atoms with Gasteiger partial charge in [-0.05, 0) is 166 Å². The van der Waals surface area contributed by atoms with Gasteiger partial charge in [0.15, 0.2) is 0 Å². The Bertz CT molecular complexity index is 1690. The van der Waals surface area contributed by atoms with Crippen LogP contribution in [0.2, 0.25) is 0 Å². The van der Waals surface area contributed by atoms with Gasteiger partial charge in [0.1, 0.15) is 0 Å². The van der Waals surface area contributed by atoms with Crippen molar-refractivity contribution in [3.63, 3.8) is 0 Å². The molecule has 0 unspecified atom stereocenters. The van der Waals surface area contributed by atoms with Gasteiger partial charge in [0.2, 0.25) is 0 Å². The van der Waals surface area contributed by atoms with Gasteiger partial charge in [-0.25, -0.2) is 0 Å². The maximum Gasteiger partial charge on any atom is 2.00 e. The summed E-state index contributed by atoms with van der Waals surface area (Å²) < 4.78 is 170. The van der Waals surface area contributed by atoms with Crippen LogP contribution in [0.25, 0.3) is 0 Å². The molecule has 61 heavy (non-hydrogen) atoms. The molecule has 1 atom stereocenters. The quantitative estimate of drug-likeness (QED) is 0.120. The Labute approximate surface area is 364 Å².